The molecule has 2 aliphatic rings. The molecule has 1 aromatic carbocycles. The molecule has 3 rings (SSSR count). The second kappa shape index (κ2) is 10.2. The fourth-order valence-corrected chi connectivity index (χ4v) is 3.80. The Kier molecular flexibility index (Phi) is 7.67. The zero-order chi connectivity index (χ0) is 22.4. The zero-order valence-corrected chi connectivity index (χ0v) is 18.5. The average molecular weight is 433 g/mol. The summed E-state index contributed by atoms with van der Waals surface area (Å²) in [5.41, 5.74) is 2.31. The van der Waals surface area contributed by atoms with Gasteiger partial charge in [-0.25, -0.2) is 4.79 Å². The standard InChI is InChI=1S/C23H32N2O6/c1-23(2,3)31-22(26)24-9-6-18-4-5-21(18)30-15-16-12-19(14-20(13-16)25(27)28)17-7-10-29-11-8-17/h7,12-14,18,21H,4-6,8-11,15H2,1-3H3,(H,24,26)/t18?,21-/m1/s1. The highest BCUT2D eigenvalue weighted by molar-refractivity contribution is 5.69. The number of non-ortho nitro benzene ring substituents is 1. The SMILES string of the molecule is CC(C)(C)OC(=O)NCCC1CC[C@H]1OCc1cc(C2=CCOCC2)cc([N+](=O)[O-])c1. The van der Waals surface area contributed by atoms with Crippen LogP contribution in [0.25, 0.3) is 5.57 Å². The summed E-state index contributed by atoms with van der Waals surface area (Å²) >= 11 is 0. The van der Waals surface area contributed by atoms with Gasteiger partial charge in [-0.3, -0.25) is 10.1 Å². The number of ether oxygens (including phenoxy) is 3. The predicted octanol–water partition coefficient (Wildman–Crippen LogP) is 4.61. The first kappa shape index (κ1) is 23.2. The van der Waals surface area contributed by atoms with Crippen LogP contribution in [-0.2, 0) is 20.8 Å². The van der Waals surface area contributed by atoms with Crippen molar-refractivity contribution >= 4 is 17.4 Å². The number of nitro groups is 1. The minimum absolute atomic E-state index is 0.0789. The van der Waals surface area contributed by atoms with E-state index in [0.29, 0.717) is 32.3 Å². The van der Waals surface area contributed by atoms with E-state index in [1.165, 1.54) is 0 Å². The van der Waals surface area contributed by atoms with Crippen molar-refractivity contribution in [3.05, 3.63) is 45.5 Å². The van der Waals surface area contributed by atoms with Crippen LogP contribution in [0.15, 0.2) is 24.3 Å². The lowest BCUT2D eigenvalue weighted by Crippen LogP contribution is -2.38. The number of carbonyl (C=O) groups is 1. The molecule has 0 saturated heterocycles. The quantitative estimate of drug-likeness (QED) is 0.476. The lowest BCUT2D eigenvalue weighted by Gasteiger charge is -2.36. The van der Waals surface area contributed by atoms with Gasteiger partial charge in [0.2, 0.25) is 0 Å². The van der Waals surface area contributed by atoms with Crippen LogP contribution in [0.1, 0.15) is 57.6 Å². The van der Waals surface area contributed by atoms with Gasteiger partial charge in [0, 0.05) is 18.7 Å². The van der Waals surface area contributed by atoms with Crippen molar-refractivity contribution in [1.29, 1.82) is 0 Å². The number of hydrogen-bond acceptors (Lipinski definition) is 6. The Bertz CT molecular complexity index is 830. The Morgan fingerprint density at radius 1 is 1.29 bits per heavy atom. The van der Waals surface area contributed by atoms with Gasteiger partial charge in [-0.05, 0) is 75.1 Å². The number of nitrogens with zero attached hydrogens (tertiary/aromatic N) is 1. The van der Waals surface area contributed by atoms with Crippen molar-refractivity contribution in [3.63, 3.8) is 0 Å². The summed E-state index contributed by atoms with van der Waals surface area (Å²) in [5, 5.41) is 14.2. The fraction of sp³-hybridized carbons (Fsp3) is 0.609. The Balaban J connectivity index is 1.52. The van der Waals surface area contributed by atoms with Gasteiger partial charge in [0.15, 0.2) is 0 Å². The summed E-state index contributed by atoms with van der Waals surface area (Å²) in [6, 6.07) is 5.18. The maximum Gasteiger partial charge on any atom is 0.407 e. The molecule has 8 nitrogen and oxygen atoms in total. The molecule has 1 amide bonds. The number of hydrogen-bond donors (Lipinski definition) is 1. The van der Waals surface area contributed by atoms with E-state index < -0.39 is 11.7 Å². The van der Waals surface area contributed by atoms with E-state index in [9.17, 15) is 14.9 Å². The number of nitro benzene ring substituents is 1. The van der Waals surface area contributed by atoms with E-state index in [-0.39, 0.29) is 16.7 Å². The number of rotatable bonds is 8. The minimum Gasteiger partial charge on any atom is -0.444 e. The predicted molar refractivity (Wildman–Crippen MR) is 117 cm³/mol. The van der Waals surface area contributed by atoms with Crippen LogP contribution in [0, 0.1) is 16.0 Å². The maximum atomic E-state index is 11.8. The molecular formula is C23H32N2O6. The second-order valence-corrected chi connectivity index (χ2v) is 9.10. The van der Waals surface area contributed by atoms with Gasteiger partial charge in [-0.2, -0.15) is 0 Å². The van der Waals surface area contributed by atoms with Gasteiger partial charge in [0.1, 0.15) is 5.60 Å². The maximum absolute atomic E-state index is 11.8. The van der Waals surface area contributed by atoms with Crippen LogP contribution in [0.5, 0.6) is 0 Å². The topological polar surface area (TPSA) is 99.9 Å². The molecule has 170 valence electrons. The second-order valence-electron chi connectivity index (χ2n) is 9.10. The number of alkyl carbamates (subject to hydrolysis) is 1. The largest absolute Gasteiger partial charge is 0.444 e. The van der Waals surface area contributed by atoms with Gasteiger partial charge < -0.3 is 19.5 Å². The molecule has 31 heavy (non-hydrogen) atoms. The molecule has 2 atom stereocenters. The van der Waals surface area contributed by atoms with Crippen LogP contribution in [0.3, 0.4) is 0 Å². The summed E-state index contributed by atoms with van der Waals surface area (Å²) in [5.74, 6) is 0.367. The number of amides is 1. The van der Waals surface area contributed by atoms with Crippen molar-refractivity contribution in [2.24, 2.45) is 5.92 Å². The van der Waals surface area contributed by atoms with E-state index >= 15 is 0 Å². The van der Waals surface area contributed by atoms with Crippen LogP contribution in [0.4, 0.5) is 10.5 Å². The van der Waals surface area contributed by atoms with Crippen molar-refractivity contribution in [2.45, 2.75) is 64.8 Å². The summed E-state index contributed by atoms with van der Waals surface area (Å²) < 4.78 is 16.7. The molecule has 0 bridgehead atoms. The van der Waals surface area contributed by atoms with Crippen molar-refractivity contribution in [2.75, 3.05) is 19.8 Å². The van der Waals surface area contributed by atoms with Crippen molar-refractivity contribution in [3.8, 4) is 0 Å². The third-order valence-corrected chi connectivity index (χ3v) is 5.52. The Hall–Kier alpha value is -2.45. The van der Waals surface area contributed by atoms with E-state index in [0.717, 1.165) is 42.4 Å². The number of benzene rings is 1. The van der Waals surface area contributed by atoms with Crippen LogP contribution in [-0.4, -0.2) is 42.5 Å². The first-order valence-electron chi connectivity index (χ1n) is 10.9. The molecule has 0 aromatic heterocycles. The van der Waals surface area contributed by atoms with E-state index in [1.807, 2.05) is 32.9 Å². The molecule has 1 aliphatic heterocycles. The van der Waals surface area contributed by atoms with E-state index in [1.54, 1.807) is 12.1 Å². The van der Waals surface area contributed by atoms with Crippen LogP contribution < -0.4 is 5.32 Å². The van der Waals surface area contributed by atoms with Crippen molar-refractivity contribution in [1.82, 2.24) is 5.32 Å². The molecule has 0 spiro atoms. The molecule has 8 heteroatoms. The first-order valence-corrected chi connectivity index (χ1v) is 10.9. The summed E-state index contributed by atoms with van der Waals surface area (Å²) in [6.07, 6.45) is 5.25. The Morgan fingerprint density at radius 2 is 2.10 bits per heavy atom. The van der Waals surface area contributed by atoms with Gasteiger partial charge in [-0.1, -0.05) is 6.08 Å². The van der Waals surface area contributed by atoms with Gasteiger partial charge in [0.25, 0.3) is 5.69 Å². The number of nitrogens with one attached hydrogen (secondary N) is 1. The van der Waals surface area contributed by atoms with Crippen LogP contribution in [0.2, 0.25) is 0 Å². The Morgan fingerprint density at radius 3 is 2.71 bits per heavy atom. The highest BCUT2D eigenvalue weighted by Gasteiger charge is 2.31. The van der Waals surface area contributed by atoms with Gasteiger partial charge in [-0.15, -0.1) is 0 Å². The molecule has 1 fully saturated rings. The molecule has 1 unspecified atom stereocenters. The smallest absolute Gasteiger partial charge is 0.407 e. The zero-order valence-electron chi connectivity index (χ0n) is 18.5. The lowest BCUT2D eigenvalue weighted by molar-refractivity contribution is -0.385. The fourth-order valence-electron chi connectivity index (χ4n) is 3.80. The average Bonchev–Trinajstić information content (AvgIpc) is 2.69. The lowest BCUT2D eigenvalue weighted by atomic mass is 9.79. The minimum atomic E-state index is -0.510. The molecular weight excluding hydrogens is 400 g/mol. The van der Waals surface area contributed by atoms with E-state index in [4.69, 9.17) is 14.2 Å². The Labute approximate surface area is 183 Å². The molecule has 1 aromatic rings. The first-order chi connectivity index (χ1) is 14.7. The summed E-state index contributed by atoms with van der Waals surface area (Å²) in [7, 11) is 0. The third-order valence-electron chi connectivity index (χ3n) is 5.52. The third kappa shape index (κ3) is 7.04. The van der Waals surface area contributed by atoms with Crippen LogP contribution >= 0.6 is 0 Å². The molecule has 1 saturated carbocycles. The summed E-state index contributed by atoms with van der Waals surface area (Å²) in [4.78, 5) is 22.8. The normalized spacial score (nSPS) is 21.1. The van der Waals surface area contributed by atoms with Gasteiger partial charge in [0.05, 0.1) is 30.8 Å². The van der Waals surface area contributed by atoms with Gasteiger partial charge >= 0.3 is 6.09 Å². The summed E-state index contributed by atoms with van der Waals surface area (Å²) in [6.45, 7) is 7.53. The monoisotopic (exact) mass is 432 g/mol. The van der Waals surface area contributed by atoms with E-state index in [2.05, 4.69) is 5.32 Å². The van der Waals surface area contributed by atoms with Crippen molar-refractivity contribution < 1.29 is 23.9 Å². The number of carbonyl (C=O) groups excluding carboxylic acids is 1. The molecule has 1 aliphatic carbocycles. The molecule has 1 N–H and O–H groups in total. The molecule has 0 radical (unpaired) electrons. The highest BCUT2D eigenvalue weighted by Crippen LogP contribution is 2.34. The molecule has 1 heterocycles. The highest BCUT2D eigenvalue weighted by atomic mass is 16.6.